The summed E-state index contributed by atoms with van der Waals surface area (Å²) in [5, 5.41) is 16.9. The van der Waals surface area contributed by atoms with E-state index in [0.717, 1.165) is 10.9 Å². The monoisotopic (exact) mass is 549 g/mol. The number of aromatic nitrogens is 4. The highest BCUT2D eigenvalue weighted by Gasteiger charge is 2.71. The molecule has 13 heteroatoms. The Hall–Kier alpha value is -4.60. The van der Waals surface area contributed by atoms with Gasteiger partial charge in [-0.15, -0.1) is 0 Å². The number of ether oxygens (including phenoxy) is 2. The minimum absolute atomic E-state index is 0.000599. The van der Waals surface area contributed by atoms with Gasteiger partial charge in [0.15, 0.2) is 0 Å². The molecule has 3 fully saturated rings. The van der Waals surface area contributed by atoms with Crippen molar-refractivity contribution in [2.24, 2.45) is 11.8 Å². The Bertz CT molecular complexity index is 1530. The van der Waals surface area contributed by atoms with E-state index in [0.29, 0.717) is 24.3 Å². The molecule has 2 aromatic heterocycles. The number of piperidine rings is 1. The second kappa shape index (κ2) is 8.97. The Balaban J connectivity index is 1.15. The number of benzene rings is 1. The van der Waals surface area contributed by atoms with Crippen molar-refractivity contribution in [3.63, 3.8) is 0 Å². The highest BCUT2D eigenvalue weighted by atomic mass is 19.1. The molecule has 2 unspecified atom stereocenters. The first-order valence-electron chi connectivity index (χ1n) is 12.7. The van der Waals surface area contributed by atoms with E-state index < -0.39 is 41.2 Å². The van der Waals surface area contributed by atoms with E-state index in [1.165, 1.54) is 23.2 Å². The molecule has 1 saturated carbocycles. The van der Waals surface area contributed by atoms with Gasteiger partial charge in [-0.2, -0.15) is 9.65 Å². The van der Waals surface area contributed by atoms with Gasteiger partial charge in [0.2, 0.25) is 6.23 Å². The van der Waals surface area contributed by atoms with Crippen LogP contribution in [0.2, 0.25) is 0 Å². The van der Waals surface area contributed by atoms with Crippen molar-refractivity contribution in [3.05, 3.63) is 60.2 Å². The quantitative estimate of drug-likeness (QED) is 0.478. The van der Waals surface area contributed by atoms with E-state index >= 15 is 4.39 Å². The summed E-state index contributed by atoms with van der Waals surface area (Å²) in [5.74, 6) is -1.48. The molecular weight excluding hydrogens is 524 g/mol. The number of hydrogen-bond donors (Lipinski definition) is 0. The summed E-state index contributed by atoms with van der Waals surface area (Å²) in [7, 11) is 0. The lowest BCUT2D eigenvalue weighted by molar-refractivity contribution is 0.0265. The van der Waals surface area contributed by atoms with Crippen molar-refractivity contribution in [1.29, 1.82) is 5.26 Å². The summed E-state index contributed by atoms with van der Waals surface area (Å²) in [4.78, 5) is 32.2. The van der Waals surface area contributed by atoms with Crippen LogP contribution in [0, 0.1) is 34.9 Å². The molecule has 11 nitrogen and oxygen atoms in total. The van der Waals surface area contributed by atoms with Gasteiger partial charge in [-0.25, -0.2) is 18.7 Å². The van der Waals surface area contributed by atoms with Gasteiger partial charge in [-0.1, -0.05) is 16.4 Å². The smallest absolute Gasteiger partial charge is 0.416 e. The molecule has 3 aliphatic rings. The van der Waals surface area contributed by atoms with Crippen LogP contribution in [-0.4, -0.2) is 62.3 Å². The first-order valence-corrected chi connectivity index (χ1v) is 12.7. The predicted octanol–water partition coefficient (Wildman–Crippen LogP) is 4.03. The molecule has 4 atom stereocenters. The summed E-state index contributed by atoms with van der Waals surface area (Å²) < 4.78 is 40.1. The maximum absolute atomic E-state index is 15.2. The normalized spacial score (nSPS) is 25.4. The van der Waals surface area contributed by atoms with Crippen LogP contribution in [0.4, 0.5) is 24.1 Å². The predicted molar refractivity (Wildman–Crippen MR) is 135 cm³/mol. The number of rotatable bonds is 4. The zero-order valence-corrected chi connectivity index (χ0v) is 21.9. The molecule has 6 rings (SSSR count). The molecule has 2 amide bonds. The fraction of sp³-hybridized carbons (Fsp3) is 0.407. The van der Waals surface area contributed by atoms with Gasteiger partial charge in [-0.3, -0.25) is 9.88 Å². The van der Waals surface area contributed by atoms with Crippen molar-refractivity contribution in [2.75, 3.05) is 24.5 Å². The lowest BCUT2D eigenvalue weighted by Crippen LogP contribution is -2.39. The van der Waals surface area contributed by atoms with Gasteiger partial charge in [0.05, 0.1) is 30.2 Å². The van der Waals surface area contributed by atoms with E-state index in [1.807, 2.05) is 20.8 Å². The van der Waals surface area contributed by atoms with Crippen LogP contribution in [0.5, 0.6) is 0 Å². The Kier molecular flexibility index (Phi) is 5.76. The number of halogens is 2. The van der Waals surface area contributed by atoms with E-state index in [-0.39, 0.29) is 29.6 Å². The third-order valence-electron chi connectivity index (χ3n) is 7.55. The number of nitriles is 1. The summed E-state index contributed by atoms with van der Waals surface area (Å²) in [6, 6.07) is 10.2. The fourth-order valence-electron chi connectivity index (χ4n) is 5.61. The first kappa shape index (κ1) is 25.7. The standard InChI is InChI=1S/C27H25F2N7O4/c1-26(2,3)40-24(37)34-10-18-19(11-34)27(18,14-30)21-7-4-15(9-31-21)17-6-5-16(8-20(17)28)35-13-23(39-25(35)38)36-12-22(29)32-33-36/h4-9,12,18-19,23H,10-11,13H2,1-3H3/t18-,19+,23?,27?. The molecule has 0 bridgehead atoms. The number of hydrogen-bond acceptors (Lipinski definition) is 8. The Morgan fingerprint density at radius 2 is 1.93 bits per heavy atom. The molecular formula is C27H25F2N7O4. The van der Waals surface area contributed by atoms with Crippen molar-refractivity contribution < 1.29 is 27.8 Å². The maximum Gasteiger partial charge on any atom is 0.416 e. The number of anilines is 1. The number of nitrogens with zero attached hydrogens (tertiary/aromatic N) is 7. The molecule has 1 aliphatic carbocycles. The third kappa shape index (κ3) is 4.20. The van der Waals surface area contributed by atoms with E-state index in [2.05, 4.69) is 21.4 Å². The van der Waals surface area contributed by atoms with E-state index in [9.17, 15) is 19.2 Å². The van der Waals surface area contributed by atoms with Crippen molar-refractivity contribution in [1.82, 2.24) is 24.9 Å². The van der Waals surface area contributed by atoms with Gasteiger partial charge in [-0.05, 0) is 45.0 Å². The number of likely N-dealkylation sites (tertiary alicyclic amines) is 1. The largest absolute Gasteiger partial charge is 0.444 e. The summed E-state index contributed by atoms with van der Waals surface area (Å²) in [6.07, 6.45) is 0.518. The molecule has 0 N–H and O–H groups in total. The fourth-order valence-corrected chi connectivity index (χ4v) is 5.61. The minimum atomic E-state index is -0.894. The minimum Gasteiger partial charge on any atom is -0.444 e. The SMILES string of the molecule is CC(C)(C)OC(=O)N1C[C@@H]2[C@H](C1)C2(C#N)c1ccc(-c2ccc(N3CC(n4cc(F)nn4)OC3=O)cc2F)cn1. The van der Waals surface area contributed by atoms with Gasteiger partial charge >= 0.3 is 12.2 Å². The van der Waals surface area contributed by atoms with E-state index in [4.69, 9.17) is 9.47 Å². The van der Waals surface area contributed by atoms with Crippen LogP contribution in [0.25, 0.3) is 11.1 Å². The van der Waals surface area contributed by atoms with Crippen molar-refractivity contribution in [3.8, 4) is 17.2 Å². The number of carbonyl (C=O) groups excluding carboxylic acids is 2. The second-order valence-electron chi connectivity index (χ2n) is 11.1. The molecule has 1 aromatic carbocycles. The molecule has 206 valence electrons. The number of pyridine rings is 1. The number of fused-ring (bicyclic) bond motifs is 1. The number of amides is 2. The van der Waals surface area contributed by atoms with Crippen molar-refractivity contribution in [2.45, 2.75) is 38.0 Å². The first-order chi connectivity index (χ1) is 19.0. The molecule has 0 radical (unpaired) electrons. The summed E-state index contributed by atoms with van der Waals surface area (Å²) in [6.45, 7) is 6.26. The Morgan fingerprint density at radius 3 is 2.50 bits per heavy atom. The Morgan fingerprint density at radius 1 is 1.18 bits per heavy atom. The van der Waals surface area contributed by atoms with E-state index in [1.54, 1.807) is 23.1 Å². The molecule has 3 aromatic rings. The molecule has 4 heterocycles. The Labute approximate surface area is 227 Å². The zero-order valence-electron chi connectivity index (χ0n) is 21.9. The summed E-state index contributed by atoms with van der Waals surface area (Å²) in [5.41, 5.74) is 0.233. The highest BCUT2D eigenvalue weighted by molar-refractivity contribution is 5.90. The zero-order chi connectivity index (χ0) is 28.4. The molecule has 0 spiro atoms. The van der Waals surface area contributed by atoms with Crippen LogP contribution in [0.1, 0.15) is 32.7 Å². The lowest BCUT2D eigenvalue weighted by atomic mass is 9.95. The lowest BCUT2D eigenvalue weighted by Gasteiger charge is -2.27. The summed E-state index contributed by atoms with van der Waals surface area (Å²) >= 11 is 0. The number of carbonyl (C=O) groups is 2. The van der Waals surface area contributed by atoms with Gasteiger partial charge in [0, 0.05) is 42.2 Å². The average Bonchev–Trinajstić information content (AvgIpc) is 3.36. The van der Waals surface area contributed by atoms with Gasteiger partial charge < -0.3 is 14.4 Å². The maximum atomic E-state index is 15.2. The van der Waals surface area contributed by atoms with Crippen LogP contribution >= 0.6 is 0 Å². The average molecular weight is 550 g/mol. The highest BCUT2D eigenvalue weighted by Crippen LogP contribution is 2.62. The molecule has 40 heavy (non-hydrogen) atoms. The van der Waals surface area contributed by atoms with Crippen LogP contribution in [0.15, 0.2) is 42.7 Å². The van der Waals surface area contributed by atoms with Gasteiger partial charge in [0.25, 0.3) is 5.95 Å². The van der Waals surface area contributed by atoms with Crippen LogP contribution in [-0.2, 0) is 14.9 Å². The second-order valence-corrected chi connectivity index (χ2v) is 11.1. The van der Waals surface area contributed by atoms with Gasteiger partial charge in [0.1, 0.15) is 16.8 Å². The topological polar surface area (TPSA) is 126 Å². The third-order valence-corrected chi connectivity index (χ3v) is 7.55. The number of cyclic esters (lactones) is 1. The molecule has 2 aliphatic heterocycles. The van der Waals surface area contributed by atoms with Crippen LogP contribution < -0.4 is 4.90 Å². The van der Waals surface area contributed by atoms with Crippen molar-refractivity contribution >= 4 is 17.9 Å². The molecule has 2 saturated heterocycles. The van der Waals surface area contributed by atoms with Crippen LogP contribution in [0.3, 0.4) is 0 Å².